The first-order valence-electron chi connectivity index (χ1n) is 6.76. The summed E-state index contributed by atoms with van der Waals surface area (Å²) in [6.07, 6.45) is 0. The summed E-state index contributed by atoms with van der Waals surface area (Å²) in [6, 6.07) is 10.8. The van der Waals surface area contributed by atoms with Crippen LogP contribution in [0.3, 0.4) is 0 Å². The second-order valence-corrected chi connectivity index (χ2v) is 7.65. The van der Waals surface area contributed by atoms with Gasteiger partial charge in [0.2, 0.25) is 0 Å². The summed E-state index contributed by atoms with van der Waals surface area (Å²) in [5.74, 6) is 0.918. The second-order valence-electron chi connectivity index (χ2n) is 4.67. The fraction of sp³-hybridized carbons (Fsp3) is 0.250. The van der Waals surface area contributed by atoms with Gasteiger partial charge in [-0.05, 0) is 42.3 Å². The Morgan fingerprint density at radius 2 is 2.10 bits per heavy atom. The molecule has 3 rings (SSSR count). The Kier molecular flexibility index (Phi) is 4.64. The van der Waals surface area contributed by atoms with Crippen LogP contribution in [0.25, 0.3) is 9.40 Å². The maximum Gasteiger partial charge on any atom is 0.124 e. The number of hydrogen-bond acceptors (Lipinski definition) is 4. The topological polar surface area (TPSA) is 21.3 Å². The predicted molar refractivity (Wildman–Crippen MR) is 95.9 cm³/mol. The van der Waals surface area contributed by atoms with E-state index in [2.05, 4.69) is 51.7 Å². The molecule has 2 nitrogen and oxygen atoms in total. The van der Waals surface area contributed by atoms with Crippen molar-refractivity contribution in [3.05, 3.63) is 50.6 Å². The van der Waals surface area contributed by atoms with Crippen LogP contribution in [0, 0.1) is 0 Å². The van der Waals surface area contributed by atoms with Gasteiger partial charge in [-0.15, -0.1) is 22.7 Å². The van der Waals surface area contributed by atoms with Crippen molar-refractivity contribution in [1.29, 1.82) is 0 Å². The molecule has 0 spiro atoms. The fourth-order valence-electron chi connectivity index (χ4n) is 2.43. The first-order valence-corrected chi connectivity index (χ1v) is 9.25. The van der Waals surface area contributed by atoms with Gasteiger partial charge in [-0.1, -0.05) is 22.9 Å². The molecule has 0 aliphatic heterocycles. The van der Waals surface area contributed by atoms with E-state index in [0.717, 1.165) is 16.8 Å². The van der Waals surface area contributed by atoms with E-state index >= 15 is 0 Å². The van der Waals surface area contributed by atoms with Crippen LogP contribution in [0.2, 0.25) is 0 Å². The molecule has 1 unspecified atom stereocenters. The summed E-state index contributed by atoms with van der Waals surface area (Å²) in [6.45, 7) is 3.04. The van der Waals surface area contributed by atoms with Gasteiger partial charge >= 0.3 is 0 Å². The predicted octanol–water partition coefficient (Wildman–Crippen LogP) is 5.43. The number of thiophene rings is 2. The Bertz CT molecular complexity index is 721. The highest BCUT2D eigenvalue weighted by Crippen LogP contribution is 2.39. The molecule has 0 saturated heterocycles. The summed E-state index contributed by atoms with van der Waals surface area (Å²) in [7, 11) is 1.72. The molecule has 1 N–H and O–H groups in total. The van der Waals surface area contributed by atoms with Crippen molar-refractivity contribution < 1.29 is 4.74 Å². The summed E-state index contributed by atoms with van der Waals surface area (Å²) in [5.41, 5.74) is 1.17. The molecule has 0 bridgehead atoms. The third kappa shape index (κ3) is 3.01. The molecular formula is C16H16BrNOS2. The van der Waals surface area contributed by atoms with E-state index in [1.54, 1.807) is 18.4 Å². The molecule has 5 heteroatoms. The maximum atomic E-state index is 5.55. The normalized spacial score (nSPS) is 12.7. The highest BCUT2D eigenvalue weighted by molar-refractivity contribution is 9.10. The van der Waals surface area contributed by atoms with Crippen LogP contribution in [-0.4, -0.2) is 13.7 Å². The van der Waals surface area contributed by atoms with Gasteiger partial charge in [0.25, 0.3) is 0 Å². The zero-order chi connectivity index (χ0) is 14.8. The van der Waals surface area contributed by atoms with Crippen LogP contribution in [0.4, 0.5) is 0 Å². The van der Waals surface area contributed by atoms with E-state index in [4.69, 9.17) is 4.74 Å². The van der Waals surface area contributed by atoms with Gasteiger partial charge in [-0.25, -0.2) is 0 Å². The number of fused-ring (bicyclic) bond motifs is 1. The van der Waals surface area contributed by atoms with Crippen molar-refractivity contribution in [2.75, 3.05) is 13.7 Å². The number of rotatable bonds is 5. The van der Waals surface area contributed by atoms with Gasteiger partial charge < -0.3 is 10.1 Å². The van der Waals surface area contributed by atoms with Gasteiger partial charge in [0.1, 0.15) is 5.75 Å². The lowest BCUT2D eigenvalue weighted by atomic mass is 10.0. The van der Waals surface area contributed by atoms with Gasteiger partial charge in [0.05, 0.1) is 13.2 Å². The van der Waals surface area contributed by atoms with E-state index < -0.39 is 0 Å². The van der Waals surface area contributed by atoms with Crippen LogP contribution in [0.15, 0.2) is 40.2 Å². The van der Waals surface area contributed by atoms with Crippen molar-refractivity contribution in [2.45, 2.75) is 13.0 Å². The molecule has 0 amide bonds. The Hall–Kier alpha value is -0.880. The van der Waals surface area contributed by atoms with Crippen LogP contribution in [0.5, 0.6) is 5.75 Å². The van der Waals surface area contributed by atoms with Crippen molar-refractivity contribution in [3.63, 3.8) is 0 Å². The van der Waals surface area contributed by atoms with Gasteiger partial charge in [-0.2, -0.15) is 0 Å². The summed E-state index contributed by atoms with van der Waals surface area (Å²) in [5, 5.41) is 5.73. The second kappa shape index (κ2) is 6.48. The van der Waals surface area contributed by atoms with Crippen LogP contribution < -0.4 is 10.1 Å². The minimum absolute atomic E-state index is 0.159. The SMILES string of the molecule is CCNC(c1cc2sccc2s1)c1cc(Br)ccc1OC. The molecule has 110 valence electrons. The molecule has 1 atom stereocenters. The zero-order valence-electron chi connectivity index (χ0n) is 11.9. The molecule has 0 radical (unpaired) electrons. The van der Waals surface area contributed by atoms with Crippen LogP contribution >= 0.6 is 38.6 Å². The Balaban J connectivity index is 2.09. The van der Waals surface area contributed by atoms with Crippen molar-refractivity contribution in [1.82, 2.24) is 5.32 Å². The molecule has 2 heterocycles. The highest BCUT2D eigenvalue weighted by atomic mass is 79.9. The third-order valence-corrected chi connectivity index (χ3v) is 6.01. The first-order chi connectivity index (χ1) is 10.2. The average Bonchev–Trinajstić information content (AvgIpc) is 3.06. The number of ether oxygens (including phenoxy) is 1. The maximum absolute atomic E-state index is 5.55. The fourth-order valence-corrected chi connectivity index (χ4v) is 5.02. The molecular weight excluding hydrogens is 366 g/mol. The largest absolute Gasteiger partial charge is 0.496 e. The number of nitrogens with one attached hydrogen (secondary N) is 1. The van der Waals surface area contributed by atoms with Gasteiger partial charge in [-0.3, -0.25) is 0 Å². The van der Waals surface area contributed by atoms with E-state index in [-0.39, 0.29) is 6.04 Å². The minimum atomic E-state index is 0.159. The van der Waals surface area contributed by atoms with Crippen LogP contribution in [0.1, 0.15) is 23.4 Å². The van der Waals surface area contributed by atoms with Crippen molar-refractivity contribution >= 4 is 48.0 Å². The van der Waals surface area contributed by atoms with Crippen molar-refractivity contribution in [2.24, 2.45) is 0 Å². The quantitative estimate of drug-likeness (QED) is 0.635. The molecule has 1 aromatic carbocycles. The number of benzene rings is 1. The van der Waals surface area contributed by atoms with Gasteiger partial charge in [0, 0.05) is 24.3 Å². The molecule has 0 fully saturated rings. The molecule has 3 aromatic rings. The lowest BCUT2D eigenvalue weighted by Gasteiger charge is -2.20. The third-order valence-electron chi connectivity index (χ3n) is 3.35. The monoisotopic (exact) mass is 381 g/mol. The van der Waals surface area contributed by atoms with E-state index in [0.29, 0.717) is 0 Å². The molecule has 0 aliphatic rings. The highest BCUT2D eigenvalue weighted by Gasteiger charge is 2.20. The van der Waals surface area contributed by atoms with E-state index in [1.807, 2.05) is 23.5 Å². The van der Waals surface area contributed by atoms with E-state index in [1.165, 1.54) is 19.8 Å². The van der Waals surface area contributed by atoms with Crippen LogP contribution in [-0.2, 0) is 0 Å². The standard InChI is InChI=1S/C16H16BrNOS2/c1-3-18-16(11-8-10(17)4-5-12(11)19-2)15-9-14-13(21-15)6-7-20-14/h4-9,16,18H,3H2,1-2H3. The Morgan fingerprint density at radius 3 is 2.81 bits per heavy atom. The summed E-state index contributed by atoms with van der Waals surface area (Å²) >= 11 is 7.21. The lowest BCUT2D eigenvalue weighted by molar-refractivity contribution is 0.404. The number of halogens is 1. The average molecular weight is 382 g/mol. The number of hydrogen-bond donors (Lipinski definition) is 1. The van der Waals surface area contributed by atoms with Crippen molar-refractivity contribution in [3.8, 4) is 5.75 Å². The Labute approximate surface area is 140 Å². The van der Waals surface area contributed by atoms with Gasteiger partial charge in [0.15, 0.2) is 0 Å². The molecule has 2 aromatic heterocycles. The summed E-state index contributed by atoms with van der Waals surface area (Å²) < 4.78 is 9.33. The summed E-state index contributed by atoms with van der Waals surface area (Å²) in [4.78, 5) is 1.33. The molecule has 0 saturated carbocycles. The zero-order valence-corrected chi connectivity index (χ0v) is 15.1. The molecule has 0 aliphatic carbocycles. The first kappa shape index (κ1) is 15.0. The minimum Gasteiger partial charge on any atom is -0.496 e. The molecule has 21 heavy (non-hydrogen) atoms. The Morgan fingerprint density at radius 1 is 1.24 bits per heavy atom. The lowest BCUT2D eigenvalue weighted by Crippen LogP contribution is -2.21. The smallest absolute Gasteiger partial charge is 0.124 e. The number of methoxy groups -OCH3 is 1. The van der Waals surface area contributed by atoms with E-state index in [9.17, 15) is 0 Å².